The zero-order valence-corrected chi connectivity index (χ0v) is 14.4. The van der Waals surface area contributed by atoms with Gasteiger partial charge in [0.05, 0.1) is 5.56 Å². The molecule has 1 aromatic rings. The summed E-state index contributed by atoms with van der Waals surface area (Å²) >= 11 is 19.2. The molecule has 1 aromatic heterocycles. The summed E-state index contributed by atoms with van der Waals surface area (Å²) in [6.07, 6.45) is 2.33. The zero-order valence-electron chi connectivity index (χ0n) is 11.3. The number of amides is 1. The smallest absolute Gasteiger partial charge is 0.228 e. The number of hydrogen-bond acceptors (Lipinski definition) is 4. The molecule has 0 saturated carbocycles. The van der Waals surface area contributed by atoms with Crippen LogP contribution in [0, 0.1) is 11.3 Å². The van der Waals surface area contributed by atoms with Gasteiger partial charge < -0.3 is 10.6 Å². The zero-order chi connectivity index (χ0) is 15.6. The van der Waals surface area contributed by atoms with E-state index >= 15 is 0 Å². The highest BCUT2D eigenvalue weighted by Gasteiger charge is 2.35. The normalized spacial score (nSPS) is 15.2. The number of alkyl halides is 3. The summed E-state index contributed by atoms with van der Waals surface area (Å²) in [6, 6.07) is 2.21. The minimum Gasteiger partial charge on any atom is -0.352 e. The fourth-order valence-corrected chi connectivity index (χ4v) is 3.81. The van der Waals surface area contributed by atoms with Crippen LogP contribution in [0.4, 0.5) is 5.00 Å². The molecule has 21 heavy (non-hydrogen) atoms. The van der Waals surface area contributed by atoms with Crippen LogP contribution in [-0.2, 0) is 17.6 Å². The minimum absolute atomic E-state index is 0.235. The van der Waals surface area contributed by atoms with Gasteiger partial charge in [-0.05, 0) is 24.8 Å². The van der Waals surface area contributed by atoms with E-state index in [-0.39, 0.29) is 12.3 Å². The summed E-state index contributed by atoms with van der Waals surface area (Å²) in [5.41, 5.74) is 1.67. The van der Waals surface area contributed by atoms with E-state index in [9.17, 15) is 10.1 Å². The average Bonchev–Trinajstić information content (AvgIpc) is 2.96. The number of nitrogens with one attached hydrogen (secondary N) is 2. The third-order valence-corrected chi connectivity index (χ3v) is 5.14. The number of rotatable bonds is 4. The summed E-state index contributed by atoms with van der Waals surface area (Å²) in [4.78, 5) is 12.8. The molecule has 1 amide bonds. The van der Waals surface area contributed by atoms with Gasteiger partial charge in [0.25, 0.3) is 0 Å². The Morgan fingerprint density at radius 1 is 1.48 bits per heavy atom. The Kier molecular flexibility index (Phi) is 5.26. The van der Waals surface area contributed by atoms with Crippen molar-refractivity contribution in [1.29, 1.82) is 5.26 Å². The number of carbonyl (C=O) groups is 1. The van der Waals surface area contributed by atoms with Gasteiger partial charge in [-0.2, -0.15) is 5.26 Å². The molecule has 0 spiro atoms. The van der Waals surface area contributed by atoms with Crippen LogP contribution in [0.3, 0.4) is 0 Å². The Hall–Kier alpha value is -0.670. The highest BCUT2D eigenvalue weighted by Crippen LogP contribution is 2.40. The van der Waals surface area contributed by atoms with Crippen LogP contribution in [-0.4, -0.2) is 15.9 Å². The van der Waals surface area contributed by atoms with Crippen LogP contribution in [0.1, 0.15) is 35.8 Å². The van der Waals surface area contributed by atoms with Crippen LogP contribution in [0.25, 0.3) is 0 Å². The molecule has 0 radical (unpaired) electrons. The molecular formula is C13H14Cl3N3OS. The Balaban J connectivity index is 2.25. The number of carbonyl (C=O) groups excluding carboxylic acids is 1. The summed E-state index contributed by atoms with van der Waals surface area (Å²) < 4.78 is -1.72. The predicted molar refractivity (Wildman–Crippen MR) is 87.2 cm³/mol. The lowest BCUT2D eigenvalue weighted by atomic mass is 10.1. The van der Waals surface area contributed by atoms with E-state index in [0.29, 0.717) is 10.6 Å². The van der Waals surface area contributed by atoms with E-state index in [1.165, 1.54) is 16.2 Å². The maximum Gasteiger partial charge on any atom is 0.228 e. The monoisotopic (exact) mass is 365 g/mol. The van der Waals surface area contributed by atoms with Gasteiger partial charge in [-0.3, -0.25) is 4.79 Å². The Bertz CT molecular complexity index is 589. The van der Waals surface area contributed by atoms with Crippen molar-refractivity contribution in [3.8, 4) is 6.07 Å². The summed E-state index contributed by atoms with van der Waals surface area (Å²) in [6.45, 7) is 1.71. The van der Waals surface area contributed by atoms with Crippen molar-refractivity contribution in [3.05, 3.63) is 16.0 Å². The number of nitriles is 1. The maximum atomic E-state index is 11.6. The second-order valence-corrected chi connectivity index (χ2v) is 8.19. The first-order chi connectivity index (χ1) is 9.86. The molecule has 0 aliphatic heterocycles. The van der Waals surface area contributed by atoms with Crippen LogP contribution in [0.15, 0.2) is 0 Å². The van der Waals surface area contributed by atoms with Crippen molar-refractivity contribution in [3.63, 3.8) is 0 Å². The summed E-state index contributed by atoms with van der Waals surface area (Å²) in [5, 5.41) is 15.6. The van der Waals surface area contributed by atoms with E-state index in [2.05, 4.69) is 16.7 Å². The molecule has 1 aliphatic carbocycles. The molecule has 1 aliphatic rings. The summed E-state index contributed by atoms with van der Waals surface area (Å²) in [7, 11) is 0. The molecule has 0 aromatic carbocycles. The molecule has 0 fully saturated rings. The number of anilines is 1. The fraction of sp³-hybridized carbons (Fsp3) is 0.538. The van der Waals surface area contributed by atoms with E-state index < -0.39 is 9.96 Å². The third kappa shape index (κ3) is 3.75. The first-order valence-corrected chi connectivity index (χ1v) is 8.49. The van der Waals surface area contributed by atoms with Crippen LogP contribution < -0.4 is 10.6 Å². The van der Waals surface area contributed by atoms with Crippen molar-refractivity contribution in [2.45, 2.75) is 42.6 Å². The van der Waals surface area contributed by atoms with Gasteiger partial charge in [0.1, 0.15) is 17.2 Å². The van der Waals surface area contributed by atoms with E-state index in [1.807, 2.05) is 0 Å². The van der Waals surface area contributed by atoms with Gasteiger partial charge in [0.15, 0.2) is 0 Å². The topological polar surface area (TPSA) is 64.9 Å². The number of aryl methyl sites for hydroxylation is 1. The van der Waals surface area contributed by atoms with Crippen LogP contribution in [0.5, 0.6) is 0 Å². The number of fused-ring (bicyclic) bond motifs is 1. The standard InChI is InChI=1S/C13H14Cl3N3OS/c1-2-10(20)18-12(13(14,15)16)19-11-8(6-17)7-4-3-5-9(7)21-11/h12,19H,2-5H2,1H3,(H,18,20)/t12-/m0/s1. The van der Waals surface area contributed by atoms with Gasteiger partial charge in [-0.1, -0.05) is 41.7 Å². The minimum atomic E-state index is -1.72. The number of hydrogen-bond donors (Lipinski definition) is 2. The van der Waals surface area contributed by atoms with Crippen LogP contribution in [0.2, 0.25) is 0 Å². The number of nitrogens with zero attached hydrogens (tertiary/aromatic N) is 1. The molecule has 2 rings (SSSR count). The number of halogens is 3. The quantitative estimate of drug-likeness (QED) is 0.630. The largest absolute Gasteiger partial charge is 0.352 e. The first-order valence-electron chi connectivity index (χ1n) is 6.54. The molecule has 1 atom stereocenters. The third-order valence-electron chi connectivity index (χ3n) is 3.26. The average molecular weight is 367 g/mol. The fourth-order valence-electron chi connectivity index (χ4n) is 2.22. The van der Waals surface area contributed by atoms with Gasteiger partial charge in [-0.15, -0.1) is 11.3 Å². The highest BCUT2D eigenvalue weighted by molar-refractivity contribution is 7.16. The molecule has 0 unspecified atom stereocenters. The molecule has 8 heteroatoms. The SMILES string of the molecule is CCC(=O)N[C@@H](Nc1sc2c(c1C#N)CCC2)C(Cl)(Cl)Cl. The van der Waals surface area contributed by atoms with E-state index in [4.69, 9.17) is 34.8 Å². The summed E-state index contributed by atoms with van der Waals surface area (Å²) in [5.74, 6) is -0.235. The molecule has 0 saturated heterocycles. The lowest BCUT2D eigenvalue weighted by Crippen LogP contribution is -2.48. The van der Waals surface area contributed by atoms with Gasteiger partial charge in [0, 0.05) is 11.3 Å². The Morgan fingerprint density at radius 3 is 2.76 bits per heavy atom. The second kappa shape index (κ2) is 6.62. The van der Waals surface area contributed by atoms with E-state index in [1.54, 1.807) is 6.92 Å². The lowest BCUT2D eigenvalue weighted by Gasteiger charge is -2.26. The molecule has 1 heterocycles. The van der Waals surface area contributed by atoms with Crippen molar-refractivity contribution in [2.24, 2.45) is 0 Å². The molecule has 4 nitrogen and oxygen atoms in total. The van der Waals surface area contributed by atoms with Gasteiger partial charge in [0.2, 0.25) is 9.70 Å². The van der Waals surface area contributed by atoms with Crippen molar-refractivity contribution >= 4 is 57.0 Å². The van der Waals surface area contributed by atoms with Crippen molar-refractivity contribution < 1.29 is 4.79 Å². The van der Waals surface area contributed by atoms with Crippen LogP contribution >= 0.6 is 46.1 Å². The van der Waals surface area contributed by atoms with Crippen molar-refractivity contribution in [2.75, 3.05) is 5.32 Å². The lowest BCUT2D eigenvalue weighted by molar-refractivity contribution is -0.121. The van der Waals surface area contributed by atoms with Crippen molar-refractivity contribution in [1.82, 2.24) is 5.32 Å². The Morgan fingerprint density at radius 2 is 2.19 bits per heavy atom. The highest BCUT2D eigenvalue weighted by atomic mass is 35.6. The van der Waals surface area contributed by atoms with Gasteiger partial charge >= 0.3 is 0 Å². The Labute approximate surface area is 142 Å². The maximum absolute atomic E-state index is 11.6. The molecular weight excluding hydrogens is 353 g/mol. The molecule has 0 bridgehead atoms. The molecule has 2 N–H and O–H groups in total. The first kappa shape index (κ1) is 16.7. The predicted octanol–water partition coefficient (Wildman–Crippen LogP) is 3.74. The number of thiophene rings is 1. The second-order valence-electron chi connectivity index (χ2n) is 4.71. The van der Waals surface area contributed by atoms with E-state index in [0.717, 1.165) is 24.8 Å². The van der Waals surface area contributed by atoms with Gasteiger partial charge in [-0.25, -0.2) is 0 Å². The molecule has 114 valence electrons.